The molecule has 0 bridgehead atoms. The number of hydrogen-bond donors (Lipinski definition) is 8. The first kappa shape index (κ1) is 60.7. The maximum absolute atomic E-state index is 12.7. The lowest BCUT2D eigenvalue weighted by Gasteiger charge is -2.10. The van der Waals surface area contributed by atoms with Crippen LogP contribution >= 0.6 is 0 Å². The Bertz CT molecular complexity index is 2140. The van der Waals surface area contributed by atoms with Gasteiger partial charge in [-0.2, -0.15) is 35.1 Å². The lowest BCUT2D eigenvalue weighted by molar-refractivity contribution is 0.262. The summed E-state index contributed by atoms with van der Waals surface area (Å²) in [5, 5.41) is 65.3. The zero-order valence-electron chi connectivity index (χ0n) is 32.9. The van der Waals surface area contributed by atoms with Crippen LogP contribution in [-0.2, 0) is 0 Å². The van der Waals surface area contributed by atoms with Crippen LogP contribution in [-0.4, -0.2) is 83.6 Å². The molecule has 0 radical (unpaired) electrons. The molecule has 13 nitrogen and oxygen atoms in total. The van der Waals surface area contributed by atoms with Crippen LogP contribution in [0.5, 0.6) is 23.0 Å². The normalized spacial score (nSPS) is 10.2. The van der Waals surface area contributed by atoms with Gasteiger partial charge in [-0.05, 0) is 12.1 Å². The van der Waals surface area contributed by atoms with Crippen molar-refractivity contribution in [2.75, 3.05) is 19.0 Å². The Morgan fingerprint density at radius 2 is 0.420 bits per heavy atom. The molecule has 0 aliphatic heterocycles. The topological polar surface area (TPSA) is 202 Å². The fraction of sp³-hybridized carbons (Fsp3) is 0.0625. The van der Waals surface area contributed by atoms with Gasteiger partial charge < -0.3 is 63.7 Å². The maximum atomic E-state index is 12.7. The van der Waals surface area contributed by atoms with Crippen molar-refractivity contribution in [3.8, 4) is 23.0 Å². The second-order valence-electron chi connectivity index (χ2n) is 11.6. The summed E-state index contributed by atoms with van der Waals surface area (Å²) in [6.07, 6.45) is 0. The molecule has 0 aromatic heterocycles. The number of para-hydroxylation sites is 1. The molecule has 0 aliphatic rings. The third-order valence-electron chi connectivity index (χ3n) is 6.84. The Balaban J connectivity index is 0.000000435. The van der Waals surface area contributed by atoms with Crippen molar-refractivity contribution < 1.29 is 147 Å². The van der Waals surface area contributed by atoms with Gasteiger partial charge in [-0.3, -0.25) is 0 Å². The minimum absolute atomic E-state index is 1.25. The Morgan fingerprint density at radius 3 is 0.536 bits per heavy atom. The monoisotopic (exact) mass is 1030 g/mol. The number of hydrogen-bond acceptors (Lipinski definition) is 13. The summed E-state index contributed by atoms with van der Waals surface area (Å²) in [7, 11) is -6.71. The Hall–Kier alpha value is -6.36. The van der Waals surface area contributed by atoms with E-state index < -0.39 is 169 Å². The summed E-state index contributed by atoms with van der Waals surface area (Å²) < 4.78 is 265. The highest BCUT2D eigenvalue weighted by atomic mass is 19.2. The standard InChI is InChI=1S/C8H11N.4C6H2BF5O3/c1-9(2)8-6-4-3-5-7-8;4*8-1-2(9)4(11)6(15-7(13)14)5(12)3(1)10/h3-7H,1-2H3;4*13-14H. The Morgan fingerprint density at radius 1 is 0.275 bits per heavy atom. The molecule has 0 aliphatic carbocycles. The third-order valence-corrected chi connectivity index (χ3v) is 6.84. The van der Waals surface area contributed by atoms with Crippen LogP contribution in [0.2, 0.25) is 0 Å². The van der Waals surface area contributed by atoms with E-state index in [1.54, 1.807) is 0 Å². The van der Waals surface area contributed by atoms with Crippen molar-refractivity contribution in [1.82, 2.24) is 0 Å². The zero-order chi connectivity index (χ0) is 53.7. The van der Waals surface area contributed by atoms with Gasteiger partial charge in [0, 0.05) is 19.8 Å². The lowest BCUT2D eigenvalue weighted by Crippen LogP contribution is -2.23. The average molecular weight is 1030 g/mol. The quantitative estimate of drug-likeness (QED) is 0.0439. The van der Waals surface area contributed by atoms with E-state index in [1.807, 2.05) is 32.3 Å². The fourth-order valence-electron chi connectivity index (χ4n) is 3.90. The van der Waals surface area contributed by atoms with Crippen LogP contribution in [0.25, 0.3) is 0 Å². The van der Waals surface area contributed by atoms with Gasteiger partial charge >= 0.3 is 29.3 Å². The predicted octanol–water partition coefficient (Wildman–Crippen LogP) is 4.67. The molecule has 0 fully saturated rings. The van der Waals surface area contributed by atoms with Crippen LogP contribution in [0.3, 0.4) is 0 Å². The molecule has 0 unspecified atom stereocenters. The first-order valence-electron chi connectivity index (χ1n) is 16.6. The van der Waals surface area contributed by atoms with Crippen LogP contribution in [0, 0.1) is 116 Å². The number of rotatable bonds is 9. The van der Waals surface area contributed by atoms with Gasteiger partial charge in [0.25, 0.3) is 0 Å². The van der Waals surface area contributed by atoms with Crippen molar-refractivity contribution in [2.24, 2.45) is 0 Å². The first-order chi connectivity index (χ1) is 31.7. The third kappa shape index (κ3) is 15.8. The first-order valence-corrected chi connectivity index (χ1v) is 16.6. The van der Waals surface area contributed by atoms with E-state index in [9.17, 15) is 87.8 Å². The van der Waals surface area contributed by atoms with Gasteiger partial charge in [-0.15, -0.1) is 0 Å². The molecular formula is C32H19B4F20NO12. The summed E-state index contributed by atoms with van der Waals surface area (Å²) in [4.78, 5) is 2.08. The summed E-state index contributed by atoms with van der Waals surface area (Å²) >= 11 is 0. The van der Waals surface area contributed by atoms with Crippen molar-refractivity contribution in [3.63, 3.8) is 0 Å². The molecule has 0 heterocycles. The second kappa shape index (κ2) is 26.4. The fourth-order valence-corrected chi connectivity index (χ4v) is 3.90. The SMILES string of the molecule is CN(C)c1ccccc1.OB(O)Oc1c(F)c(F)c(F)c(F)c1F.OB(O)Oc1c(F)c(F)c(F)c(F)c1F.OB(O)Oc1c(F)c(F)c(F)c(F)c1F.OB(O)Oc1c(F)c(F)c(F)c(F)c1F. The van der Waals surface area contributed by atoms with Gasteiger partial charge in [0.2, 0.25) is 116 Å². The van der Waals surface area contributed by atoms with E-state index in [2.05, 4.69) is 35.7 Å². The molecule has 0 spiro atoms. The summed E-state index contributed by atoms with van der Waals surface area (Å²) in [6, 6.07) is 10.3. The molecule has 5 rings (SSSR count). The van der Waals surface area contributed by atoms with Gasteiger partial charge in [-0.25, -0.2) is 52.7 Å². The van der Waals surface area contributed by atoms with Crippen LogP contribution < -0.4 is 23.5 Å². The molecule has 0 amide bonds. The molecule has 5 aromatic carbocycles. The second-order valence-corrected chi connectivity index (χ2v) is 11.6. The van der Waals surface area contributed by atoms with E-state index in [4.69, 9.17) is 40.2 Å². The molecular weight excluding hydrogens is 1010 g/mol. The van der Waals surface area contributed by atoms with Crippen molar-refractivity contribution in [2.45, 2.75) is 0 Å². The van der Waals surface area contributed by atoms with E-state index >= 15 is 0 Å². The van der Waals surface area contributed by atoms with Gasteiger partial charge in [0.15, 0.2) is 23.0 Å². The summed E-state index contributed by atoms with van der Waals surface area (Å²) in [5.41, 5.74) is 1.25. The molecule has 8 N–H and O–H groups in total. The molecule has 5 aromatic rings. The van der Waals surface area contributed by atoms with Crippen LogP contribution in [0.1, 0.15) is 0 Å². The number of nitrogens with zero attached hydrogens (tertiary/aromatic N) is 1. The van der Waals surface area contributed by atoms with Crippen LogP contribution in [0.4, 0.5) is 93.5 Å². The highest BCUT2D eigenvalue weighted by molar-refractivity contribution is 6.34. The van der Waals surface area contributed by atoms with E-state index in [-0.39, 0.29) is 0 Å². The Labute approximate surface area is 370 Å². The van der Waals surface area contributed by atoms with Gasteiger partial charge in [0.1, 0.15) is 0 Å². The van der Waals surface area contributed by atoms with Crippen molar-refractivity contribution in [3.05, 3.63) is 147 Å². The average Bonchev–Trinajstić information content (AvgIpc) is 3.30. The minimum atomic E-state index is -2.70. The molecule has 0 saturated heterocycles. The maximum Gasteiger partial charge on any atom is 0.707 e. The molecule has 69 heavy (non-hydrogen) atoms. The highest BCUT2D eigenvalue weighted by Crippen LogP contribution is 2.32. The van der Waals surface area contributed by atoms with E-state index in [0.717, 1.165) is 0 Å². The van der Waals surface area contributed by atoms with Gasteiger partial charge in [0.05, 0.1) is 0 Å². The molecule has 376 valence electrons. The predicted molar refractivity (Wildman–Crippen MR) is 189 cm³/mol. The smallest absolute Gasteiger partial charge is 0.507 e. The number of halogens is 20. The number of anilines is 1. The highest BCUT2D eigenvalue weighted by Gasteiger charge is 2.33. The van der Waals surface area contributed by atoms with Crippen molar-refractivity contribution in [1.29, 1.82) is 0 Å². The Kier molecular flexibility index (Phi) is 23.2. The van der Waals surface area contributed by atoms with E-state index in [0.29, 0.717) is 0 Å². The van der Waals surface area contributed by atoms with E-state index in [1.165, 1.54) is 5.69 Å². The zero-order valence-corrected chi connectivity index (χ0v) is 32.9. The molecule has 37 heteroatoms. The molecule has 0 atom stereocenters. The lowest BCUT2D eigenvalue weighted by atomic mass is 10.2. The van der Waals surface area contributed by atoms with Gasteiger partial charge in [-0.1, -0.05) is 18.2 Å². The summed E-state index contributed by atoms with van der Waals surface area (Å²) in [5.74, 6) is -52.5. The summed E-state index contributed by atoms with van der Waals surface area (Å²) in [6.45, 7) is 0. The minimum Gasteiger partial charge on any atom is -0.507 e. The largest absolute Gasteiger partial charge is 0.707 e. The number of benzene rings is 5. The van der Waals surface area contributed by atoms with Crippen LogP contribution in [0.15, 0.2) is 30.3 Å². The van der Waals surface area contributed by atoms with Crippen molar-refractivity contribution >= 4 is 35.0 Å². The molecule has 0 saturated carbocycles.